The lowest BCUT2D eigenvalue weighted by Gasteiger charge is -2.17. The average Bonchev–Trinajstić information content (AvgIpc) is 2.88. The van der Waals surface area contributed by atoms with Crippen molar-refractivity contribution < 1.29 is 9.53 Å². The highest BCUT2D eigenvalue weighted by molar-refractivity contribution is 7.15. The van der Waals surface area contributed by atoms with E-state index in [9.17, 15) is 4.79 Å². The molecule has 0 aliphatic carbocycles. The Kier molecular flexibility index (Phi) is 6.65. The minimum Gasteiger partial charge on any atom is -0.465 e. The van der Waals surface area contributed by atoms with E-state index >= 15 is 0 Å². The molecule has 0 aliphatic heterocycles. The van der Waals surface area contributed by atoms with Gasteiger partial charge in [-0.25, -0.2) is 4.98 Å². The molecule has 1 atom stereocenters. The number of carbonyl (C=O) groups excluding carboxylic acids is 1. The van der Waals surface area contributed by atoms with Crippen LogP contribution in [-0.2, 0) is 22.5 Å². The number of nitrogens with zero attached hydrogens (tertiary/aromatic N) is 1. The topological polar surface area (TPSA) is 77.2 Å². The van der Waals surface area contributed by atoms with Crippen LogP contribution in [0.2, 0.25) is 10.0 Å². The molecule has 2 rings (SSSR count). The van der Waals surface area contributed by atoms with Gasteiger partial charge < -0.3 is 10.5 Å². The standard InChI is InChI=1S/C15H17Cl2N3O2S/c1-2-22-14(21)13(19-7-12-8-20-15(18)23-12)5-9-3-10(16)6-11(17)4-9/h3-4,6,8,13,19H,2,5,7H2,1H3,(H2,18,20). The van der Waals surface area contributed by atoms with Crippen molar-refractivity contribution in [3.63, 3.8) is 0 Å². The number of thiazole rings is 1. The van der Waals surface area contributed by atoms with Crippen molar-refractivity contribution in [2.45, 2.75) is 25.9 Å². The van der Waals surface area contributed by atoms with Gasteiger partial charge in [0, 0.05) is 27.7 Å². The number of esters is 1. The number of nitrogen functional groups attached to an aromatic ring is 1. The van der Waals surface area contributed by atoms with Gasteiger partial charge in [0.25, 0.3) is 0 Å². The molecule has 124 valence electrons. The van der Waals surface area contributed by atoms with E-state index in [0.717, 1.165) is 10.4 Å². The maximum Gasteiger partial charge on any atom is 0.323 e. The molecule has 0 bridgehead atoms. The average molecular weight is 374 g/mol. The molecule has 1 unspecified atom stereocenters. The molecule has 1 aromatic heterocycles. The van der Waals surface area contributed by atoms with E-state index in [1.165, 1.54) is 11.3 Å². The summed E-state index contributed by atoms with van der Waals surface area (Å²) in [6, 6.07) is 4.71. The van der Waals surface area contributed by atoms with Crippen LogP contribution in [0.5, 0.6) is 0 Å². The summed E-state index contributed by atoms with van der Waals surface area (Å²) in [7, 11) is 0. The van der Waals surface area contributed by atoms with Gasteiger partial charge in [0.1, 0.15) is 6.04 Å². The smallest absolute Gasteiger partial charge is 0.323 e. The van der Waals surface area contributed by atoms with Gasteiger partial charge in [-0.1, -0.05) is 23.2 Å². The van der Waals surface area contributed by atoms with Crippen molar-refractivity contribution >= 4 is 45.6 Å². The molecular formula is C15H17Cl2N3O2S. The van der Waals surface area contributed by atoms with Gasteiger partial charge in [0.05, 0.1) is 6.61 Å². The molecule has 0 amide bonds. The van der Waals surface area contributed by atoms with Crippen LogP contribution in [0.25, 0.3) is 0 Å². The van der Waals surface area contributed by atoms with Crippen molar-refractivity contribution in [2.75, 3.05) is 12.3 Å². The molecule has 0 saturated heterocycles. The van der Waals surface area contributed by atoms with Crippen molar-refractivity contribution in [1.82, 2.24) is 10.3 Å². The molecule has 0 saturated carbocycles. The van der Waals surface area contributed by atoms with Crippen LogP contribution >= 0.6 is 34.5 Å². The summed E-state index contributed by atoms with van der Waals surface area (Å²) in [5.74, 6) is -0.318. The first kappa shape index (κ1) is 18.0. The maximum atomic E-state index is 12.2. The predicted octanol–water partition coefficient (Wildman–Crippen LogP) is 3.30. The monoisotopic (exact) mass is 373 g/mol. The van der Waals surface area contributed by atoms with E-state index in [-0.39, 0.29) is 5.97 Å². The highest BCUT2D eigenvalue weighted by atomic mass is 35.5. The number of hydrogen-bond donors (Lipinski definition) is 2. The third-order valence-corrected chi connectivity index (χ3v) is 4.29. The maximum absolute atomic E-state index is 12.2. The third kappa shape index (κ3) is 5.66. The minimum absolute atomic E-state index is 0.318. The van der Waals surface area contributed by atoms with E-state index in [1.807, 2.05) is 0 Å². The fraction of sp³-hybridized carbons (Fsp3) is 0.333. The van der Waals surface area contributed by atoms with Gasteiger partial charge in [0.15, 0.2) is 5.13 Å². The van der Waals surface area contributed by atoms with Crippen LogP contribution in [-0.4, -0.2) is 23.6 Å². The normalized spacial score (nSPS) is 12.1. The summed E-state index contributed by atoms with van der Waals surface area (Å²) in [5, 5.41) is 4.74. The molecule has 1 aromatic carbocycles. The summed E-state index contributed by atoms with van der Waals surface area (Å²) in [5.41, 5.74) is 6.47. The number of aromatic nitrogens is 1. The van der Waals surface area contributed by atoms with Crippen LogP contribution in [0.15, 0.2) is 24.4 Å². The Morgan fingerprint density at radius 3 is 2.65 bits per heavy atom. The molecule has 0 spiro atoms. The number of ether oxygens (including phenoxy) is 1. The SMILES string of the molecule is CCOC(=O)C(Cc1cc(Cl)cc(Cl)c1)NCc1cnc(N)s1. The van der Waals surface area contributed by atoms with E-state index < -0.39 is 6.04 Å². The number of rotatable bonds is 7. The van der Waals surface area contributed by atoms with Gasteiger partial charge >= 0.3 is 5.97 Å². The summed E-state index contributed by atoms with van der Waals surface area (Å²) >= 11 is 13.4. The lowest BCUT2D eigenvalue weighted by molar-refractivity contribution is -0.145. The van der Waals surface area contributed by atoms with E-state index in [4.69, 9.17) is 33.7 Å². The molecule has 23 heavy (non-hydrogen) atoms. The lowest BCUT2D eigenvalue weighted by atomic mass is 10.1. The van der Waals surface area contributed by atoms with Gasteiger partial charge in [-0.3, -0.25) is 10.1 Å². The first-order valence-electron chi connectivity index (χ1n) is 7.03. The number of halogens is 2. The highest BCUT2D eigenvalue weighted by Crippen LogP contribution is 2.21. The number of benzene rings is 1. The van der Waals surface area contributed by atoms with Gasteiger partial charge in [-0.05, 0) is 37.1 Å². The fourth-order valence-electron chi connectivity index (χ4n) is 2.07. The van der Waals surface area contributed by atoms with Crippen LogP contribution < -0.4 is 11.1 Å². The second-order valence-corrected chi connectivity index (χ2v) is 6.85. The molecule has 0 radical (unpaired) electrons. The summed E-state index contributed by atoms with van der Waals surface area (Å²) in [4.78, 5) is 17.1. The molecule has 8 heteroatoms. The summed E-state index contributed by atoms with van der Waals surface area (Å²) in [6.07, 6.45) is 2.11. The lowest BCUT2D eigenvalue weighted by Crippen LogP contribution is -2.39. The Morgan fingerprint density at radius 2 is 2.09 bits per heavy atom. The zero-order valence-electron chi connectivity index (χ0n) is 12.5. The van der Waals surface area contributed by atoms with Crippen molar-refractivity contribution in [2.24, 2.45) is 0 Å². The molecule has 0 fully saturated rings. The fourth-order valence-corrected chi connectivity index (χ4v) is 3.28. The summed E-state index contributed by atoms with van der Waals surface area (Å²) in [6.45, 7) is 2.57. The van der Waals surface area contributed by atoms with Crippen molar-refractivity contribution in [3.05, 3.63) is 44.9 Å². The summed E-state index contributed by atoms with van der Waals surface area (Å²) < 4.78 is 5.13. The molecule has 1 heterocycles. The second-order valence-electron chi connectivity index (χ2n) is 4.83. The molecule has 0 aliphatic rings. The van der Waals surface area contributed by atoms with Crippen LogP contribution in [0.4, 0.5) is 5.13 Å². The first-order valence-corrected chi connectivity index (χ1v) is 8.60. The Balaban J connectivity index is 2.08. The van der Waals surface area contributed by atoms with E-state index in [0.29, 0.717) is 34.7 Å². The number of nitrogens with one attached hydrogen (secondary N) is 1. The number of carbonyl (C=O) groups is 1. The van der Waals surface area contributed by atoms with Crippen molar-refractivity contribution in [1.29, 1.82) is 0 Å². The number of nitrogens with two attached hydrogens (primary N) is 1. The zero-order chi connectivity index (χ0) is 16.8. The molecular weight excluding hydrogens is 357 g/mol. The molecule has 2 aromatic rings. The van der Waals surface area contributed by atoms with Gasteiger partial charge in [-0.15, -0.1) is 11.3 Å². The van der Waals surface area contributed by atoms with Crippen LogP contribution in [0.1, 0.15) is 17.4 Å². The van der Waals surface area contributed by atoms with Gasteiger partial charge in [-0.2, -0.15) is 0 Å². The molecule has 3 N–H and O–H groups in total. The van der Waals surface area contributed by atoms with Crippen molar-refractivity contribution in [3.8, 4) is 0 Å². The molecule has 5 nitrogen and oxygen atoms in total. The largest absolute Gasteiger partial charge is 0.465 e. The first-order chi connectivity index (χ1) is 11.0. The third-order valence-electron chi connectivity index (χ3n) is 3.03. The van der Waals surface area contributed by atoms with Crippen LogP contribution in [0, 0.1) is 0 Å². The minimum atomic E-state index is -0.507. The number of hydrogen-bond acceptors (Lipinski definition) is 6. The van der Waals surface area contributed by atoms with E-state index in [2.05, 4.69) is 10.3 Å². The van der Waals surface area contributed by atoms with E-state index in [1.54, 1.807) is 31.3 Å². The predicted molar refractivity (Wildman–Crippen MR) is 94.0 cm³/mol. The zero-order valence-corrected chi connectivity index (χ0v) is 14.8. The Morgan fingerprint density at radius 1 is 1.39 bits per heavy atom. The second kappa shape index (κ2) is 8.49. The van der Waals surface area contributed by atoms with Crippen LogP contribution in [0.3, 0.4) is 0 Å². The Labute approximate surface area is 148 Å². The Hall–Kier alpha value is -1.34. The van der Waals surface area contributed by atoms with Gasteiger partial charge in [0.2, 0.25) is 0 Å². The number of anilines is 1. The Bertz CT molecular complexity index is 658. The quantitative estimate of drug-likeness (QED) is 0.728. The highest BCUT2D eigenvalue weighted by Gasteiger charge is 2.20.